The number of ether oxygens (including phenoxy) is 2. The van der Waals surface area contributed by atoms with E-state index in [0.717, 1.165) is 5.56 Å². The molecule has 1 heterocycles. The first-order chi connectivity index (χ1) is 9.85. The van der Waals surface area contributed by atoms with Gasteiger partial charge in [0.05, 0.1) is 13.7 Å². The monoisotopic (exact) mass is 420 g/mol. The molecule has 1 aromatic heterocycles. The molecule has 1 amide bonds. The molecule has 0 radical (unpaired) electrons. The number of hydrogen-bond acceptors (Lipinski definition) is 5. The van der Waals surface area contributed by atoms with E-state index in [4.69, 9.17) is 9.47 Å². The van der Waals surface area contributed by atoms with Gasteiger partial charge in [-0.05, 0) is 41.0 Å². The van der Waals surface area contributed by atoms with Gasteiger partial charge >= 0.3 is 6.09 Å². The molecule has 0 fully saturated rings. The largest absolute Gasteiger partial charge is 0.495 e. The van der Waals surface area contributed by atoms with Gasteiger partial charge in [0.15, 0.2) is 0 Å². The van der Waals surface area contributed by atoms with Gasteiger partial charge in [0.1, 0.15) is 17.0 Å². The van der Waals surface area contributed by atoms with E-state index in [-0.39, 0.29) is 6.54 Å². The number of nitrogens with zero attached hydrogens (tertiary/aromatic N) is 1. The Balaban J connectivity index is 2.73. The van der Waals surface area contributed by atoms with E-state index in [1.165, 1.54) is 8.93 Å². The van der Waals surface area contributed by atoms with Crippen LogP contribution in [-0.2, 0) is 11.3 Å². The Bertz CT molecular complexity index is 562. The molecule has 0 atom stereocenters. The summed E-state index contributed by atoms with van der Waals surface area (Å²) in [5, 5.41) is 5.53. The molecule has 114 valence electrons. The molecular weight excluding hydrogens is 403 g/mol. The zero-order chi connectivity index (χ0) is 15.9. The van der Waals surface area contributed by atoms with Crippen LogP contribution < -0.4 is 10.1 Å². The smallest absolute Gasteiger partial charge is 0.407 e. The first-order valence-electron chi connectivity index (χ1n) is 6.14. The topological polar surface area (TPSA) is 60.5 Å². The van der Waals surface area contributed by atoms with Crippen LogP contribution in [0.1, 0.15) is 32.0 Å². The molecule has 1 aromatic rings. The van der Waals surface area contributed by atoms with E-state index in [2.05, 4.69) is 42.7 Å². The normalized spacial score (nSPS) is 10.3. The lowest BCUT2D eigenvalue weighted by molar-refractivity contribution is 0.0522. The fourth-order valence-corrected chi connectivity index (χ4v) is 1.89. The summed E-state index contributed by atoms with van der Waals surface area (Å²) in [6.45, 7) is 5.66. The highest BCUT2D eigenvalue weighted by Gasteiger charge is 2.16. The molecule has 7 heteroatoms. The maximum absolute atomic E-state index is 11.6. The average Bonchev–Trinajstić information content (AvgIpc) is 2.41. The summed E-state index contributed by atoms with van der Waals surface area (Å²) < 4.78 is 10.4. The highest BCUT2D eigenvalue weighted by atomic mass is 127. The first kappa shape index (κ1) is 17.9. The van der Waals surface area contributed by atoms with Gasteiger partial charge in [-0.2, -0.15) is 0 Å². The Morgan fingerprint density at radius 3 is 2.81 bits per heavy atom. The molecule has 0 unspecified atom stereocenters. The van der Waals surface area contributed by atoms with Crippen LogP contribution in [-0.4, -0.2) is 23.8 Å². The maximum Gasteiger partial charge on any atom is 0.407 e. The summed E-state index contributed by atoms with van der Waals surface area (Å²) in [4.78, 5) is 15.9. The average molecular weight is 420 g/mol. The number of nitrogens with one attached hydrogen (secondary N) is 1. The molecular formula is C14H17IN2O3S. The van der Waals surface area contributed by atoms with Gasteiger partial charge in [-0.3, -0.25) is 4.98 Å². The summed E-state index contributed by atoms with van der Waals surface area (Å²) in [6.07, 6.45) is 1.16. The van der Waals surface area contributed by atoms with Crippen molar-refractivity contribution in [3.05, 3.63) is 23.5 Å². The standard InChI is InChI=1S/C14H17IN2O3S/c1-14(2,3)20-13(18)17-9-11-12(19-4)7-10(8-16-11)5-6-21-15/h7-8H,9H2,1-4H3,(H,17,18). The number of methoxy groups -OCH3 is 1. The Morgan fingerprint density at radius 2 is 2.24 bits per heavy atom. The van der Waals surface area contributed by atoms with Crippen LogP contribution in [0, 0.1) is 11.2 Å². The molecule has 0 saturated heterocycles. The molecule has 0 aromatic carbocycles. The fraction of sp³-hybridized carbons (Fsp3) is 0.429. The molecule has 0 bridgehead atoms. The number of amides is 1. The van der Waals surface area contributed by atoms with Gasteiger partial charge in [0, 0.05) is 33.0 Å². The van der Waals surface area contributed by atoms with Crippen LogP contribution in [0.25, 0.3) is 0 Å². The van der Waals surface area contributed by atoms with Crippen LogP contribution in [0.3, 0.4) is 0 Å². The zero-order valence-electron chi connectivity index (χ0n) is 12.3. The highest BCUT2D eigenvalue weighted by Crippen LogP contribution is 2.18. The predicted molar refractivity (Wildman–Crippen MR) is 92.4 cm³/mol. The van der Waals surface area contributed by atoms with E-state index in [0.29, 0.717) is 11.4 Å². The number of halogens is 1. The number of aromatic nitrogens is 1. The van der Waals surface area contributed by atoms with E-state index >= 15 is 0 Å². The lowest BCUT2D eigenvalue weighted by atomic mass is 10.2. The quantitative estimate of drug-likeness (QED) is 0.599. The third-order valence-corrected chi connectivity index (χ3v) is 3.02. The van der Waals surface area contributed by atoms with Gasteiger partial charge in [-0.25, -0.2) is 4.79 Å². The number of carbonyl (C=O) groups excluding carboxylic acids is 1. The molecule has 0 saturated carbocycles. The lowest BCUT2D eigenvalue weighted by Gasteiger charge is -2.19. The Hall–Kier alpha value is -1.14. The van der Waals surface area contributed by atoms with Crippen molar-refractivity contribution in [3.63, 3.8) is 0 Å². The number of hydrogen-bond donors (Lipinski definition) is 1. The lowest BCUT2D eigenvalue weighted by Crippen LogP contribution is -2.32. The summed E-state index contributed by atoms with van der Waals surface area (Å²) in [6, 6.07) is 1.79. The summed E-state index contributed by atoms with van der Waals surface area (Å²) >= 11 is 2.10. The first-order valence-corrected chi connectivity index (χ1v) is 9.50. The van der Waals surface area contributed by atoms with Crippen molar-refractivity contribution in [2.75, 3.05) is 7.11 Å². The van der Waals surface area contributed by atoms with Crippen LogP contribution >= 0.6 is 30.1 Å². The van der Waals surface area contributed by atoms with Crippen LogP contribution in [0.15, 0.2) is 12.3 Å². The molecule has 5 nitrogen and oxygen atoms in total. The van der Waals surface area contributed by atoms with Crippen molar-refractivity contribution in [3.8, 4) is 16.9 Å². The Labute approximate surface area is 141 Å². The molecule has 0 spiro atoms. The fourth-order valence-electron chi connectivity index (χ4n) is 1.40. The molecule has 21 heavy (non-hydrogen) atoms. The van der Waals surface area contributed by atoms with Crippen LogP contribution in [0.2, 0.25) is 0 Å². The second-order valence-corrected chi connectivity index (χ2v) is 6.71. The Morgan fingerprint density at radius 1 is 1.52 bits per heavy atom. The number of rotatable bonds is 3. The zero-order valence-corrected chi connectivity index (χ0v) is 15.3. The second kappa shape index (κ2) is 8.34. The van der Waals surface area contributed by atoms with Crippen molar-refractivity contribution in [2.45, 2.75) is 32.9 Å². The van der Waals surface area contributed by atoms with E-state index in [1.54, 1.807) is 19.4 Å². The Kier molecular flexibility index (Phi) is 7.11. The SMILES string of the molecule is COc1cc(C#CSI)cnc1CNC(=O)OC(C)(C)C. The van der Waals surface area contributed by atoms with E-state index in [9.17, 15) is 4.79 Å². The van der Waals surface area contributed by atoms with Gasteiger partial charge in [0.2, 0.25) is 0 Å². The molecule has 0 aliphatic heterocycles. The molecule has 0 aliphatic carbocycles. The van der Waals surface area contributed by atoms with Crippen molar-refractivity contribution in [2.24, 2.45) is 0 Å². The van der Waals surface area contributed by atoms with Crippen LogP contribution in [0.4, 0.5) is 4.79 Å². The van der Waals surface area contributed by atoms with Crippen molar-refractivity contribution in [1.82, 2.24) is 10.3 Å². The van der Waals surface area contributed by atoms with E-state index < -0.39 is 11.7 Å². The maximum atomic E-state index is 11.6. The minimum Gasteiger partial charge on any atom is -0.495 e. The molecule has 1 rings (SSSR count). The number of alkyl carbamates (subject to hydrolysis) is 1. The van der Waals surface area contributed by atoms with Crippen molar-refractivity contribution < 1.29 is 14.3 Å². The predicted octanol–water partition coefficient (Wildman–Crippen LogP) is 3.51. The van der Waals surface area contributed by atoms with Crippen molar-refractivity contribution >= 4 is 36.2 Å². The van der Waals surface area contributed by atoms with Crippen molar-refractivity contribution in [1.29, 1.82) is 0 Å². The van der Waals surface area contributed by atoms with Crippen LogP contribution in [0.5, 0.6) is 5.75 Å². The number of carbonyl (C=O) groups is 1. The van der Waals surface area contributed by atoms with Gasteiger partial charge in [-0.15, -0.1) is 0 Å². The van der Waals surface area contributed by atoms with Gasteiger partial charge < -0.3 is 14.8 Å². The number of pyridine rings is 1. The second-order valence-electron chi connectivity index (χ2n) is 5.03. The van der Waals surface area contributed by atoms with Gasteiger partial charge in [0.25, 0.3) is 0 Å². The minimum absolute atomic E-state index is 0.229. The third-order valence-electron chi connectivity index (χ3n) is 2.18. The minimum atomic E-state index is -0.530. The summed E-state index contributed by atoms with van der Waals surface area (Å²) in [5.74, 6) is 3.52. The highest BCUT2D eigenvalue weighted by molar-refractivity contribution is 14.2. The van der Waals surface area contributed by atoms with Gasteiger partial charge in [-0.1, -0.05) is 5.92 Å². The van der Waals surface area contributed by atoms with E-state index in [1.807, 2.05) is 20.8 Å². The summed E-state index contributed by atoms with van der Waals surface area (Å²) in [5.41, 5.74) is 0.853. The molecule has 1 N–H and O–H groups in total. The molecule has 0 aliphatic rings. The third kappa shape index (κ3) is 6.91. The summed E-state index contributed by atoms with van der Waals surface area (Å²) in [7, 11) is 2.95.